The zero-order valence-corrected chi connectivity index (χ0v) is 16.1. The van der Waals surface area contributed by atoms with E-state index in [-0.39, 0.29) is 0 Å². The number of halogens is 2. The number of fused-ring (bicyclic) bond motifs is 2. The van der Waals surface area contributed by atoms with E-state index in [1.807, 2.05) is 19.9 Å². The van der Waals surface area contributed by atoms with Crippen LogP contribution in [0.4, 0.5) is 0 Å². The third-order valence-electron chi connectivity index (χ3n) is 3.52. The largest absolute Gasteiger partial charge is 0.342 e. The predicted octanol–water partition coefficient (Wildman–Crippen LogP) is 4.33. The number of H-pyrrole nitrogens is 2. The molecule has 4 rings (SSSR count). The summed E-state index contributed by atoms with van der Waals surface area (Å²) in [5.41, 5.74) is 5.79. The molecule has 0 aliphatic heterocycles. The van der Waals surface area contributed by atoms with E-state index < -0.39 is 0 Å². The summed E-state index contributed by atoms with van der Waals surface area (Å²) in [6.45, 7) is 3.92. The summed E-state index contributed by atoms with van der Waals surface area (Å²) < 4.78 is 2.05. The summed E-state index contributed by atoms with van der Waals surface area (Å²) in [7, 11) is 0. The lowest BCUT2D eigenvalue weighted by Gasteiger charge is -2.07. The van der Waals surface area contributed by atoms with Gasteiger partial charge < -0.3 is 9.97 Å². The molecule has 5 nitrogen and oxygen atoms in total. The molecule has 3 heterocycles. The number of imidazole rings is 2. The first-order chi connectivity index (χ1) is 10.5. The van der Waals surface area contributed by atoms with E-state index in [2.05, 4.69) is 77.3 Å². The molecule has 0 saturated heterocycles. The highest BCUT2D eigenvalue weighted by Crippen LogP contribution is 2.35. The van der Waals surface area contributed by atoms with Crippen LogP contribution in [0, 0.1) is 21.1 Å². The third kappa shape index (κ3) is 2.21. The number of rotatable bonds is 1. The Bertz CT molecular complexity index is 1030. The van der Waals surface area contributed by atoms with E-state index in [1.54, 1.807) is 0 Å². The molecule has 7 heteroatoms. The van der Waals surface area contributed by atoms with E-state index in [0.29, 0.717) is 0 Å². The number of aromatic nitrogens is 5. The Kier molecular flexibility index (Phi) is 3.36. The van der Waals surface area contributed by atoms with Crippen LogP contribution in [0.2, 0.25) is 0 Å². The quantitative estimate of drug-likeness (QED) is 0.293. The van der Waals surface area contributed by atoms with Gasteiger partial charge in [0.05, 0.1) is 16.6 Å². The van der Waals surface area contributed by atoms with Crippen molar-refractivity contribution in [3.05, 3.63) is 37.1 Å². The van der Waals surface area contributed by atoms with Crippen LogP contribution in [-0.2, 0) is 0 Å². The molecular formula is C15H11I2N5. The number of nitrogens with zero attached hydrogens (tertiary/aromatic N) is 3. The lowest BCUT2D eigenvalue weighted by atomic mass is 10.1. The maximum atomic E-state index is 4.75. The van der Waals surface area contributed by atoms with Crippen LogP contribution in [0.15, 0.2) is 18.2 Å². The molecule has 0 aliphatic carbocycles. The van der Waals surface area contributed by atoms with Gasteiger partial charge in [-0.25, -0.2) is 15.0 Å². The minimum Gasteiger partial charge on any atom is -0.342 e. The zero-order chi connectivity index (χ0) is 15.4. The summed E-state index contributed by atoms with van der Waals surface area (Å²) in [5.74, 6) is 1.79. The SMILES string of the molecule is Cc1nc2c(-c3c(I)ccc4[nH]c(C)nc34)nc(I)cc2[nH]1. The number of aryl methyl sites for hydroxylation is 2. The van der Waals surface area contributed by atoms with Gasteiger partial charge in [-0.2, -0.15) is 0 Å². The Hall–Kier alpha value is -1.23. The molecule has 0 saturated carbocycles. The molecule has 1 aromatic carbocycles. The first-order valence-electron chi connectivity index (χ1n) is 6.71. The summed E-state index contributed by atoms with van der Waals surface area (Å²) in [4.78, 5) is 20.6. The maximum Gasteiger partial charge on any atom is 0.115 e. The van der Waals surface area contributed by atoms with Gasteiger partial charge in [-0.3, -0.25) is 0 Å². The molecule has 0 radical (unpaired) electrons. The fourth-order valence-corrected chi connectivity index (χ4v) is 3.92. The van der Waals surface area contributed by atoms with E-state index in [0.717, 1.165) is 52.2 Å². The van der Waals surface area contributed by atoms with Gasteiger partial charge in [0.1, 0.15) is 26.6 Å². The lowest BCUT2D eigenvalue weighted by molar-refractivity contribution is 1.17. The first-order valence-corrected chi connectivity index (χ1v) is 8.87. The number of pyridine rings is 1. The number of aromatic amines is 2. The number of hydrogen-bond acceptors (Lipinski definition) is 3. The van der Waals surface area contributed by atoms with E-state index in [9.17, 15) is 0 Å². The van der Waals surface area contributed by atoms with Crippen LogP contribution in [0.25, 0.3) is 33.3 Å². The Morgan fingerprint density at radius 2 is 1.55 bits per heavy atom. The second-order valence-corrected chi connectivity index (χ2v) is 7.42. The summed E-state index contributed by atoms with van der Waals surface area (Å²) in [6, 6.07) is 6.16. The fraction of sp³-hybridized carbons (Fsp3) is 0.133. The summed E-state index contributed by atoms with van der Waals surface area (Å²) >= 11 is 4.58. The van der Waals surface area contributed by atoms with Crippen molar-refractivity contribution in [3.63, 3.8) is 0 Å². The summed E-state index contributed by atoms with van der Waals surface area (Å²) in [5, 5.41) is 0. The molecular weight excluding hydrogens is 504 g/mol. The smallest absolute Gasteiger partial charge is 0.115 e. The van der Waals surface area contributed by atoms with Gasteiger partial charge in [0.25, 0.3) is 0 Å². The minimum atomic E-state index is 0.882. The van der Waals surface area contributed by atoms with Crippen LogP contribution in [0.1, 0.15) is 11.6 Å². The van der Waals surface area contributed by atoms with E-state index in [1.165, 1.54) is 0 Å². The second-order valence-electron chi connectivity index (χ2n) is 5.15. The van der Waals surface area contributed by atoms with Crippen molar-refractivity contribution in [2.24, 2.45) is 0 Å². The molecule has 0 spiro atoms. The number of benzene rings is 1. The van der Waals surface area contributed by atoms with Gasteiger partial charge in [0, 0.05) is 9.13 Å². The van der Waals surface area contributed by atoms with E-state index >= 15 is 0 Å². The van der Waals surface area contributed by atoms with Crippen LogP contribution in [0.3, 0.4) is 0 Å². The Morgan fingerprint density at radius 3 is 2.32 bits per heavy atom. The first kappa shape index (κ1) is 14.4. The van der Waals surface area contributed by atoms with Gasteiger partial charge in [-0.05, 0) is 77.2 Å². The van der Waals surface area contributed by atoms with E-state index in [4.69, 9.17) is 4.98 Å². The molecule has 0 aliphatic rings. The summed E-state index contributed by atoms with van der Waals surface area (Å²) in [6.07, 6.45) is 0. The van der Waals surface area contributed by atoms with Gasteiger partial charge in [-0.1, -0.05) is 0 Å². The highest BCUT2D eigenvalue weighted by atomic mass is 127. The molecule has 22 heavy (non-hydrogen) atoms. The minimum absolute atomic E-state index is 0.882. The molecule has 0 fully saturated rings. The molecule has 4 aromatic rings. The molecule has 0 bridgehead atoms. The number of nitrogens with one attached hydrogen (secondary N) is 2. The average Bonchev–Trinajstić information content (AvgIpc) is 2.99. The highest BCUT2D eigenvalue weighted by molar-refractivity contribution is 14.1. The van der Waals surface area contributed by atoms with Crippen LogP contribution < -0.4 is 0 Å². The highest BCUT2D eigenvalue weighted by Gasteiger charge is 2.18. The zero-order valence-electron chi connectivity index (χ0n) is 11.8. The van der Waals surface area contributed by atoms with Gasteiger partial charge >= 0.3 is 0 Å². The lowest BCUT2D eigenvalue weighted by Crippen LogP contribution is -1.93. The molecule has 110 valence electrons. The Labute approximate surface area is 153 Å². The maximum absolute atomic E-state index is 4.75. The fourth-order valence-electron chi connectivity index (χ4n) is 2.68. The van der Waals surface area contributed by atoms with Gasteiger partial charge in [0.15, 0.2) is 0 Å². The van der Waals surface area contributed by atoms with Crippen molar-refractivity contribution in [2.75, 3.05) is 0 Å². The van der Waals surface area contributed by atoms with Crippen molar-refractivity contribution < 1.29 is 0 Å². The van der Waals surface area contributed by atoms with Crippen molar-refractivity contribution >= 4 is 67.2 Å². The van der Waals surface area contributed by atoms with Crippen molar-refractivity contribution in [1.82, 2.24) is 24.9 Å². The Balaban J connectivity index is 2.17. The van der Waals surface area contributed by atoms with Crippen molar-refractivity contribution in [1.29, 1.82) is 0 Å². The number of hydrogen-bond donors (Lipinski definition) is 2. The predicted molar refractivity (Wildman–Crippen MR) is 104 cm³/mol. The second kappa shape index (κ2) is 5.15. The molecule has 3 aromatic heterocycles. The van der Waals surface area contributed by atoms with Gasteiger partial charge in [0.2, 0.25) is 0 Å². The molecule has 2 N–H and O–H groups in total. The van der Waals surface area contributed by atoms with Crippen molar-refractivity contribution in [3.8, 4) is 11.3 Å². The van der Waals surface area contributed by atoms with Crippen LogP contribution in [0.5, 0.6) is 0 Å². The Morgan fingerprint density at radius 1 is 0.864 bits per heavy atom. The topological polar surface area (TPSA) is 70.2 Å². The molecule has 0 amide bonds. The normalized spacial score (nSPS) is 11.6. The molecule has 0 atom stereocenters. The average molecular weight is 515 g/mol. The standard InChI is InChI=1S/C15H11I2N5/c1-6-18-9-4-3-8(16)12(13(9)20-6)15-14-10(5-11(17)22-15)19-7(2)21-14/h3-5H,1-2H3,(H,18,20)(H,19,21). The van der Waals surface area contributed by atoms with Crippen LogP contribution in [-0.4, -0.2) is 24.9 Å². The van der Waals surface area contributed by atoms with Crippen LogP contribution >= 0.6 is 45.2 Å². The third-order valence-corrected chi connectivity index (χ3v) is 4.97. The molecule has 0 unspecified atom stereocenters. The monoisotopic (exact) mass is 515 g/mol. The van der Waals surface area contributed by atoms with Crippen molar-refractivity contribution in [2.45, 2.75) is 13.8 Å². The van der Waals surface area contributed by atoms with Gasteiger partial charge in [-0.15, -0.1) is 0 Å².